The van der Waals surface area contributed by atoms with Crippen LogP contribution in [-0.4, -0.2) is 18.6 Å². The third-order valence-corrected chi connectivity index (χ3v) is 3.19. The summed E-state index contributed by atoms with van der Waals surface area (Å²) in [5.41, 5.74) is -0.476. The lowest BCUT2D eigenvalue weighted by Gasteiger charge is -2.14. The fourth-order valence-corrected chi connectivity index (χ4v) is 2.14. The predicted molar refractivity (Wildman–Crippen MR) is 90.8 cm³/mol. The quantitative estimate of drug-likeness (QED) is 0.802. The zero-order valence-electron chi connectivity index (χ0n) is 13.9. The van der Waals surface area contributed by atoms with Crippen LogP contribution in [0, 0.1) is 0 Å². The number of amides is 1. The molecule has 2 aromatic carbocycles. The summed E-state index contributed by atoms with van der Waals surface area (Å²) in [7, 11) is 0. The van der Waals surface area contributed by atoms with E-state index in [0.29, 0.717) is 11.4 Å². The molecule has 2 N–H and O–H groups in total. The Morgan fingerprint density at radius 3 is 2.32 bits per heavy atom. The molecule has 2 aromatic rings. The molecule has 2 rings (SSSR count). The maximum Gasteiger partial charge on any atom is 0.418 e. The summed E-state index contributed by atoms with van der Waals surface area (Å²) in [5.74, 6) is 0.128. The SMILES string of the molecule is CC(C)Oc1ccc(NCC(=O)Nc2ccccc2C(F)(F)F)cc1. The van der Waals surface area contributed by atoms with E-state index in [-0.39, 0.29) is 18.3 Å². The summed E-state index contributed by atoms with van der Waals surface area (Å²) >= 11 is 0. The highest BCUT2D eigenvalue weighted by Gasteiger charge is 2.33. The van der Waals surface area contributed by atoms with Gasteiger partial charge >= 0.3 is 6.18 Å². The van der Waals surface area contributed by atoms with E-state index in [0.717, 1.165) is 6.07 Å². The average Bonchev–Trinajstić information content (AvgIpc) is 2.53. The Bertz CT molecular complexity index is 713. The molecule has 0 aliphatic rings. The highest BCUT2D eigenvalue weighted by Crippen LogP contribution is 2.34. The van der Waals surface area contributed by atoms with Gasteiger partial charge in [0, 0.05) is 5.69 Å². The van der Waals surface area contributed by atoms with E-state index in [1.807, 2.05) is 13.8 Å². The average molecular weight is 352 g/mol. The number of carbonyl (C=O) groups is 1. The Kier molecular flexibility index (Phi) is 5.90. The van der Waals surface area contributed by atoms with E-state index < -0.39 is 17.6 Å². The third kappa shape index (κ3) is 5.70. The van der Waals surface area contributed by atoms with E-state index in [9.17, 15) is 18.0 Å². The van der Waals surface area contributed by atoms with Crippen LogP contribution in [0.2, 0.25) is 0 Å². The summed E-state index contributed by atoms with van der Waals surface area (Å²) in [6.07, 6.45) is -4.47. The molecular formula is C18H19F3N2O2. The number of anilines is 2. The van der Waals surface area contributed by atoms with Gasteiger partial charge in [-0.2, -0.15) is 13.2 Å². The summed E-state index contributed by atoms with van der Waals surface area (Å²) in [4.78, 5) is 11.9. The van der Waals surface area contributed by atoms with Crippen molar-refractivity contribution in [2.24, 2.45) is 0 Å². The second-order valence-corrected chi connectivity index (χ2v) is 5.64. The lowest BCUT2D eigenvalue weighted by Crippen LogP contribution is -2.23. The normalized spacial score (nSPS) is 11.3. The van der Waals surface area contributed by atoms with Gasteiger partial charge in [-0.3, -0.25) is 4.79 Å². The van der Waals surface area contributed by atoms with Crippen LogP contribution < -0.4 is 15.4 Å². The molecule has 0 spiro atoms. The molecule has 0 heterocycles. The van der Waals surface area contributed by atoms with Crippen LogP contribution in [0.4, 0.5) is 24.5 Å². The summed E-state index contributed by atoms with van der Waals surface area (Å²) < 4.78 is 44.2. The van der Waals surface area contributed by atoms with E-state index in [2.05, 4.69) is 10.6 Å². The molecule has 7 heteroatoms. The van der Waals surface area contributed by atoms with Crippen LogP contribution in [-0.2, 0) is 11.0 Å². The molecule has 4 nitrogen and oxygen atoms in total. The van der Waals surface area contributed by atoms with Crippen molar-refractivity contribution < 1.29 is 22.7 Å². The third-order valence-electron chi connectivity index (χ3n) is 3.19. The van der Waals surface area contributed by atoms with Crippen molar-refractivity contribution in [2.75, 3.05) is 17.2 Å². The molecule has 1 amide bonds. The molecule has 0 aromatic heterocycles. The Labute approximate surface area is 144 Å². The maximum atomic E-state index is 12.9. The standard InChI is InChI=1S/C18H19F3N2O2/c1-12(2)25-14-9-7-13(8-10-14)22-11-17(24)23-16-6-4-3-5-15(16)18(19,20)21/h3-10,12,22H,11H2,1-2H3,(H,23,24). The Morgan fingerprint density at radius 1 is 1.08 bits per heavy atom. The van der Waals surface area contributed by atoms with Crippen molar-refractivity contribution in [1.29, 1.82) is 0 Å². The van der Waals surface area contributed by atoms with Gasteiger partial charge in [-0.25, -0.2) is 0 Å². The van der Waals surface area contributed by atoms with Gasteiger partial charge in [0.1, 0.15) is 5.75 Å². The molecule has 0 saturated heterocycles. The van der Waals surface area contributed by atoms with Gasteiger partial charge in [-0.15, -0.1) is 0 Å². The van der Waals surface area contributed by atoms with Crippen LogP contribution in [0.3, 0.4) is 0 Å². The molecule has 0 bridgehead atoms. The lowest BCUT2D eigenvalue weighted by molar-refractivity contribution is -0.137. The number of halogens is 3. The van der Waals surface area contributed by atoms with Crippen LogP contribution in [0.1, 0.15) is 19.4 Å². The van der Waals surface area contributed by atoms with Gasteiger partial charge in [0.2, 0.25) is 5.91 Å². The van der Waals surface area contributed by atoms with Gasteiger partial charge < -0.3 is 15.4 Å². The van der Waals surface area contributed by atoms with Gasteiger partial charge in [0.05, 0.1) is 23.9 Å². The van der Waals surface area contributed by atoms with E-state index in [1.165, 1.54) is 18.2 Å². The molecule has 0 radical (unpaired) electrons. The van der Waals surface area contributed by atoms with Crippen molar-refractivity contribution in [3.05, 3.63) is 54.1 Å². The highest BCUT2D eigenvalue weighted by molar-refractivity contribution is 5.94. The van der Waals surface area contributed by atoms with Gasteiger partial charge in [-0.05, 0) is 50.2 Å². The molecule has 0 fully saturated rings. The number of para-hydroxylation sites is 1. The molecule has 0 aliphatic heterocycles. The number of ether oxygens (including phenoxy) is 1. The largest absolute Gasteiger partial charge is 0.491 e. The van der Waals surface area contributed by atoms with Gasteiger partial charge in [-0.1, -0.05) is 12.1 Å². The molecule has 0 saturated carbocycles. The second kappa shape index (κ2) is 7.92. The Balaban J connectivity index is 1.93. The summed E-state index contributed by atoms with van der Waals surface area (Å²) in [6.45, 7) is 3.67. The topological polar surface area (TPSA) is 50.4 Å². The van der Waals surface area contributed by atoms with Crippen molar-refractivity contribution >= 4 is 17.3 Å². The van der Waals surface area contributed by atoms with Crippen molar-refractivity contribution in [1.82, 2.24) is 0 Å². The van der Waals surface area contributed by atoms with E-state index in [4.69, 9.17) is 4.74 Å². The molecule has 0 aliphatic carbocycles. The first-order valence-corrected chi connectivity index (χ1v) is 7.72. The minimum absolute atomic E-state index is 0.0540. The number of benzene rings is 2. The van der Waals surface area contributed by atoms with E-state index in [1.54, 1.807) is 24.3 Å². The molecule has 25 heavy (non-hydrogen) atoms. The minimum atomic E-state index is -4.52. The highest BCUT2D eigenvalue weighted by atomic mass is 19.4. The predicted octanol–water partition coefficient (Wildman–Crippen LogP) is 4.54. The van der Waals surface area contributed by atoms with Crippen LogP contribution >= 0.6 is 0 Å². The summed E-state index contributed by atoms with van der Waals surface area (Å²) in [5, 5.41) is 5.13. The minimum Gasteiger partial charge on any atom is -0.491 e. The van der Waals surface area contributed by atoms with Crippen molar-refractivity contribution in [3.8, 4) is 5.75 Å². The zero-order chi connectivity index (χ0) is 18.4. The number of hydrogen-bond donors (Lipinski definition) is 2. The monoisotopic (exact) mass is 352 g/mol. The smallest absolute Gasteiger partial charge is 0.418 e. The molecular weight excluding hydrogens is 333 g/mol. The number of alkyl halides is 3. The first-order chi connectivity index (χ1) is 11.8. The van der Waals surface area contributed by atoms with E-state index >= 15 is 0 Å². The van der Waals surface area contributed by atoms with Crippen LogP contribution in [0.5, 0.6) is 5.75 Å². The lowest BCUT2D eigenvalue weighted by atomic mass is 10.1. The van der Waals surface area contributed by atoms with Crippen LogP contribution in [0.15, 0.2) is 48.5 Å². The van der Waals surface area contributed by atoms with Gasteiger partial charge in [0.15, 0.2) is 0 Å². The second-order valence-electron chi connectivity index (χ2n) is 5.64. The number of hydrogen-bond acceptors (Lipinski definition) is 3. The molecule has 0 atom stereocenters. The summed E-state index contributed by atoms with van der Waals surface area (Å²) in [6, 6.07) is 11.8. The zero-order valence-corrected chi connectivity index (χ0v) is 13.9. The van der Waals surface area contributed by atoms with Gasteiger partial charge in [0.25, 0.3) is 0 Å². The number of nitrogens with one attached hydrogen (secondary N) is 2. The van der Waals surface area contributed by atoms with Crippen LogP contribution in [0.25, 0.3) is 0 Å². The first-order valence-electron chi connectivity index (χ1n) is 7.72. The molecule has 134 valence electrons. The fraction of sp³-hybridized carbons (Fsp3) is 0.278. The Morgan fingerprint density at radius 2 is 1.72 bits per heavy atom. The Hall–Kier alpha value is -2.70. The fourth-order valence-electron chi connectivity index (χ4n) is 2.14. The number of rotatable bonds is 6. The first kappa shape index (κ1) is 18.6. The van der Waals surface area contributed by atoms with Crippen molar-refractivity contribution in [3.63, 3.8) is 0 Å². The maximum absolute atomic E-state index is 12.9. The number of carbonyl (C=O) groups excluding carboxylic acids is 1. The van der Waals surface area contributed by atoms with Crippen molar-refractivity contribution in [2.45, 2.75) is 26.1 Å². The molecule has 0 unspecified atom stereocenters.